The van der Waals surface area contributed by atoms with Crippen LogP contribution in [0.5, 0.6) is 0 Å². The zero-order valence-electron chi connectivity index (χ0n) is 11.5. The first-order valence-corrected chi connectivity index (χ1v) is 9.64. The van der Waals surface area contributed by atoms with Gasteiger partial charge in [-0.2, -0.15) is 0 Å². The number of carbonyl (C=O) groups is 1. The van der Waals surface area contributed by atoms with Crippen molar-refractivity contribution in [3.63, 3.8) is 0 Å². The van der Waals surface area contributed by atoms with E-state index in [0.29, 0.717) is 16.4 Å². The van der Waals surface area contributed by atoms with Gasteiger partial charge in [-0.25, -0.2) is 17.9 Å². The van der Waals surface area contributed by atoms with Gasteiger partial charge in [0.15, 0.2) is 0 Å². The Bertz CT molecular complexity index is 609. The number of esters is 1. The molecule has 0 aromatic carbocycles. The van der Waals surface area contributed by atoms with Gasteiger partial charge in [-0.15, -0.1) is 11.3 Å². The second-order valence-corrected chi connectivity index (χ2v) is 8.83. The number of ether oxygens (including phenoxy) is 1. The Hall–Kier alpha value is -0.480. The van der Waals surface area contributed by atoms with Crippen molar-refractivity contribution in [2.45, 2.75) is 30.2 Å². The average Bonchev–Trinajstić information content (AvgIpc) is 3.07. The predicted octanol–water partition coefficient (Wildman–Crippen LogP) is 1.72. The van der Waals surface area contributed by atoms with E-state index in [1.54, 1.807) is 0 Å². The van der Waals surface area contributed by atoms with E-state index in [2.05, 4.69) is 30.7 Å². The molecule has 2 N–H and O–H groups in total. The van der Waals surface area contributed by atoms with Gasteiger partial charge in [0, 0.05) is 12.6 Å². The Morgan fingerprint density at radius 1 is 1.62 bits per heavy atom. The number of thiophene rings is 1. The van der Waals surface area contributed by atoms with Gasteiger partial charge in [-0.3, -0.25) is 0 Å². The van der Waals surface area contributed by atoms with Crippen LogP contribution in [0, 0.1) is 0 Å². The lowest BCUT2D eigenvalue weighted by molar-refractivity contribution is 0.0606. The molecule has 0 unspecified atom stereocenters. The molecule has 118 valence electrons. The van der Waals surface area contributed by atoms with Gasteiger partial charge < -0.3 is 10.1 Å². The van der Waals surface area contributed by atoms with Crippen molar-refractivity contribution in [2.24, 2.45) is 0 Å². The number of hydrogen-bond acceptors (Lipinski definition) is 6. The average molecular weight is 397 g/mol. The standard InChI is InChI=1S/C12H17BrN2O4S2/c1-19-12(16)9-7-10(11(13)20-9)21(17,18)15-6-4-8-3-2-5-14-8/h7-8,14-15H,2-6H2,1H3/t8-/m1/s1. The van der Waals surface area contributed by atoms with Crippen LogP contribution in [-0.2, 0) is 14.8 Å². The van der Waals surface area contributed by atoms with Crippen molar-refractivity contribution in [2.75, 3.05) is 20.2 Å². The summed E-state index contributed by atoms with van der Waals surface area (Å²) < 4.78 is 32.0. The maximum atomic E-state index is 12.2. The monoisotopic (exact) mass is 396 g/mol. The van der Waals surface area contributed by atoms with Gasteiger partial charge in [0.05, 0.1) is 10.9 Å². The van der Waals surface area contributed by atoms with E-state index in [1.807, 2.05) is 0 Å². The minimum absolute atomic E-state index is 0.0762. The van der Waals surface area contributed by atoms with Crippen LogP contribution in [0.2, 0.25) is 0 Å². The highest BCUT2D eigenvalue weighted by Crippen LogP contribution is 2.32. The quantitative estimate of drug-likeness (QED) is 0.715. The molecular weight excluding hydrogens is 380 g/mol. The summed E-state index contributed by atoms with van der Waals surface area (Å²) in [6.07, 6.45) is 2.97. The van der Waals surface area contributed by atoms with Crippen molar-refractivity contribution in [3.8, 4) is 0 Å². The molecule has 1 aliphatic heterocycles. The number of halogens is 1. The fourth-order valence-corrected chi connectivity index (χ4v) is 5.71. The molecule has 0 bridgehead atoms. The molecule has 0 radical (unpaired) electrons. The fourth-order valence-electron chi connectivity index (χ4n) is 2.18. The summed E-state index contributed by atoms with van der Waals surface area (Å²) in [7, 11) is -2.36. The third kappa shape index (κ3) is 4.26. The molecule has 2 rings (SSSR count). The molecule has 1 atom stereocenters. The number of sulfonamides is 1. The van der Waals surface area contributed by atoms with E-state index in [-0.39, 0.29) is 9.77 Å². The van der Waals surface area contributed by atoms with E-state index in [1.165, 1.54) is 13.2 Å². The number of carbonyl (C=O) groups excluding carboxylic acids is 1. The summed E-state index contributed by atoms with van der Waals surface area (Å²) in [5, 5.41) is 3.32. The minimum Gasteiger partial charge on any atom is -0.465 e. The Morgan fingerprint density at radius 2 is 2.38 bits per heavy atom. The molecule has 1 fully saturated rings. The SMILES string of the molecule is COC(=O)c1cc(S(=O)(=O)NCC[C@H]2CCCN2)c(Br)s1. The van der Waals surface area contributed by atoms with Crippen molar-refractivity contribution in [1.82, 2.24) is 10.0 Å². The van der Waals surface area contributed by atoms with E-state index >= 15 is 0 Å². The molecule has 0 amide bonds. The van der Waals surface area contributed by atoms with E-state index in [9.17, 15) is 13.2 Å². The van der Waals surface area contributed by atoms with Crippen LogP contribution in [-0.4, -0.2) is 40.6 Å². The van der Waals surface area contributed by atoms with Crippen LogP contribution in [0.1, 0.15) is 28.9 Å². The Labute approximate surface area is 136 Å². The molecule has 6 nitrogen and oxygen atoms in total. The number of hydrogen-bond donors (Lipinski definition) is 2. The molecule has 1 aromatic rings. The van der Waals surface area contributed by atoms with Crippen molar-refractivity contribution in [3.05, 3.63) is 14.7 Å². The first-order valence-electron chi connectivity index (χ1n) is 6.54. The topological polar surface area (TPSA) is 84.5 Å². The summed E-state index contributed by atoms with van der Waals surface area (Å²) in [5.41, 5.74) is 0. The van der Waals surface area contributed by atoms with Crippen LogP contribution < -0.4 is 10.0 Å². The molecule has 9 heteroatoms. The molecule has 1 aliphatic rings. The summed E-state index contributed by atoms with van der Waals surface area (Å²) in [5.74, 6) is -0.544. The predicted molar refractivity (Wildman–Crippen MR) is 84.2 cm³/mol. The first-order chi connectivity index (χ1) is 9.94. The van der Waals surface area contributed by atoms with Crippen LogP contribution in [0.3, 0.4) is 0 Å². The van der Waals surface area contributed by atoms with E-state index in [0.717, 1.165) is 37.1 Å². The molecule has 0 aliphatic carbocycles. The van der Waals surface area contributed by atoms with Gasteiger partial charge >= 0.3 is 5.97 Å². The van der Waals surface area contributed by atoms with Crippen LogP contribution in [0.25, 0.3) is 0 Å². The highest BCUT2D eigenvalue weighted by atomic mass is 79.9. The van der Waals surface area contributed by atoms with Gasteiger partial charge in [-0.05, 0) is 47.8 Å². The number of nitrogens with one attached hydrogen (secondary N) is 2. The lowest BCUT2D eigenvalue weighted by Crippen LogP contribution is -2.30. The second-order valence-electron chi connectivity index (χ2n) is 4.72. The van der Waals surface area contributed by atoms with Gasteiger partial charge in [0.25, 0.3) is 0 Å². The number of rotatable bonds is 6. The van der Waals surface area contributed by atoms with E-state index < -0.39 is 16.0 Å². The normalized spacial score (nSPS) is 18.9. The molecule has 0 spiro atoms. The van der Waals surface area contributed by atoms with Crippen molar-refractivity contribution >= 4 is 43.3 Å². The van der Waals surface area contributed by atoms with Gasteiger partial charge in [0.2, 0.25) is 10.0 Å². The lowest BCUT2D eigenvalue weighted by atomic mass is 10.2. The largest absolute Gasteiger partial charge is 0.465 e. The number of methoxy groups -OCH3 is 1. The molecule has 21 heavy (non-hydrogen) atoms. The van der Waals surface area contributed by atoms with Crippen LogP contribution >= 0.6 is 27.3 Å². The fraction of sp³-hybridized carbons (Fsp3) is 0.583. The van der Waals surface area contributed by atoms with Gasteiger partial charge in [0.1, 0.15) is 9.77 Å². The third-order valence-corrected chi connectivity index (χ3v) is 6.97. The highest BCUT2D eigenvalue weighted by molar-refractivity contribution is 9.11. The molecule has 1 aromatic heterocycles. The smallest absolute Gasteiger partial charge is 0.348 e. The molecule has 0 saturated carbocycles. The zero-order chi connectivity index (χ0) is 15.5. The van der Waals surface area contributed by atoms with Crippen LogP contribution in [0.15, 0.2) is 14.7 Å². The summed E-state index contributed by atoms with van der Waals surface area (Å²) >= 11 is 4.23. The van der Waals surface area contributed by atoms with Crippen molar-refractivity contribution < 1.29 is 17.9 Å². The minimum atomic E-state index is -3.63. The highest BCUT2D eigenvalue weighted by Gasteiger charge is 2.24. The van der Waals surface area contributed by atoms with Crippen molar-refractivity contribution in [1.29, 1.82) is 0 Å². The maximum Gasteiger partial charge on any atom is 0.348 e. The molecule has 2 heterocycles. The first kappa shape index (κ1) is 16.9. The summed E-state index contributed by atoms with van der Waals surface area (Å²) in [6, 6.07) is 1.71. The lowest BCUT2D eigenvalue weighted by Gasteiger charge is -2.10. The summed E-state index contributed by atoms with van der Waals surface area (Å²) in [6.45, 7) is 1.37. The zero-order valence-corrected chi connectivity index (χ0v) is 14.7. The Kier molecular flexibility index (Phi) is 5.78. The maximum absolute atomic E-state index is 12.2. The molecular formula is C12H17BrN2O4S2. The van der Waals surface area contributed by atoms with Gasteiger partial charge in [-0.1, -0.05) is 0 Å². The third-order valence-electron chi connectivity index (χ3n) is 3.28. The second kappa shape index (κ2) is 7.19. The Balaban J connectivity index is 2.01. The van der Waals surface area contributed by atoms with Crippen LogP contribution in [0.4, 0.5) is 0 Å². The molecule has 1 saturated heterocycles. The summed E-state index contributed by atoms with van der Waals surface area (Å²) in [4.78, 5) is 11.8. The Morgan fingerprint density at radius 3 is 3.00 bits per heavy atom. The van der Waals surface area contributed by atoms with E-state index in [4.69, 9.17) is 0 Å².